The van der Waals surface area contributed by atoms with E-state index in [9.17, 15) is 8.78 Å². The maximum absolute atomic E-state index is 13.0. The first-order chi connectivity index (χ1) is 16.1. The SMILES string of the molecule is CCc1cc(Nc2ncn(-c3cccc(C(F)F)c3)n2)cc(N2CCN(C3COC3)CC2)c1.[HH]. The lowest BCUT2D eigenvalue weighted by Gasteiger charge is -2.43. The highest BCUT2D eigenvalue weighted by molar-refractivity contribution is 5.64. The normalized spacial score (nSPS) is 17.4. The average Bonchev–Trinajstić information content (AvgIpc) is 3.27. The number of aromatic nitrogens is 3. The molecule has 2 aromatic carbocycles. The number of alkyl halides is 2. The summed E-state index contributed by atoms with van der Waals surface area (Å²) in [4.78, 5) is 9.26. The highest BCUT2D eigenvalue weighted by atomic mass is 19.3. The Kier molecular flexibility index (Phi) is 6.24. The van der Waals surface area contributed by atoms with Gasteiger partial charge in [0.25, 0.3) is 6.43 Å². The van der Waals surface area contributed by atoms with Crippen LogP contribution in [0.2, 0.25) is 0 Å². The van der Waals surface area contributed by atoms with E-state index in [0.717, 1.165) is 51.5 Å². The second-order valence-electron chi connectivity index (χ2n) is 8.49. The van der Waals surface area contributed by atoms with E-state index in [0.29, 0.717) is 17.7 Å². The molecule has 3 aromatic rings. The molecule has 0 aliphatic carbocycles. The molecule has 0 spiro atoms. The van der Waals surface area contributed by atoms with Gasteiger partial charge in [0.15, 0.2) is 0 Å². The van der Waals surface area contributed by atoms with Gasteiger partial charge in [0.1, 0.15) is 6.33 Å². The van der Waals surface area contributed by atoms with E-state index in [1.165, 1.54) is 34.4 Å². The third-order valence-corrected chi connectivity index (χ3v) is 6.34. The first kappa shape index (κ1) is 21.8. The molecule has 0 radical (unpaired) electrons. The Morgan fingerprint density at radius 3 is 2.61 bits per heavy atom. The average molecular weight is 457 g/mol. The lowest BCUT2D eigenvalue weighted by Crippen LogP contribution is -2.56. The number of nitrogens with zero attached hydrogens (tertiary/aromatic N) is 5. The van der Waals surface area contributed by atoms with Crippen LogP contribution in [0.25, 0.3) is 5.69 Å². The quantitative estimate of drug-likeness (QED) is 0.573. The van der Waals surface area contributed by atoms with Crippen LogP contribution in [0.5, 0.6) is 0 Å². The second-order valence-corrected chi connectivity index (χ2v) is 8.49. The van der Waals surface area contributed by atoms with Gasteiger partial charge < -0.3 is 15.0 Å². The van der Waals surface area contributed by atoms with Crippen LogP contribution < -0.4 is 10.2 Å². The molecule has 5 rings (SSSR count). The Balaban J connectivity index is 0.00000274. The van der Waals surface area contributed by atoms with E-state index in [1.807, 2.05) is 0 Å². The summed E-state index contributed by atoms with van der Waals surface area (Å²) in [5, 5.41) is 7.72. The fourth-order valence-electron chi connectivity index (χ4n) is 4.29. The van der Waals surface area contributed by atoms with E-state index in [2.05, 4.69) is 50.3 Å². The minimum Gasteiger partial charge on any atom is -0.378 e. The summed E-state index contributed by atoms with van der Waals surface area (Å²) in [6.07, 6.45) is -0.0735. The summed E-state index contributed by atoms with van der Waals surface area (Å²) in [6.45, 7) is 7.89. The number of nitrogens with one attached hydrogen (secondary N) is 1. The Morgan fingerprint density at radius 2 is 1.91 bits per heavy atom. The van der Waals surface area contributed by atoms with Crippen molar-refractivity contribution in [3.05, 3.63) is 59.9 Å². The first-order valence-electron chi connectivity index (χ1n) is 11.4. The van der Waals surface area contributed by atoms with Crippen LogP contribution >= 0.6 is 0 Å². The van der Waals surface area contributed by atoms with Crippen molar-refractivity contribution >= 4 is 17.3 Å². The maximum Gasteiger partial charge on any atom is 0.263 e. The van der Waals surface area contributed by atoms with Crippen molar-refractivity contribution in [1.29, 1.82) is 0 Å². The topological polar surface area (TPSA) is 58.5 Å². The van der Waals surface area contributed by atoms with Crippen LogP contribution in [0.15, 0.2) is 48.8 Å². The van der Waals surface area contributed by atoms with Gasteiger partial charge in [-0.25, -0.2) is 13.5 Å². The predicted molar refractivity (Wildman–Crippen MR) is 126 cm³/mol. The van der Waals surface area contributed by atoms with Crippen molar-refractivity contribution < 1.29 is 14.9 Å². The van der Waals surface area contributed by atoms with Gasteiger partial charge in [-0.1, -0.05) is 19.1 Å². The summed E-state index contributed by atoms with van der Waals surface area (Å²) in [6, 6.07) is 13.2. The molecule has 0 unspecified atom stereocenters. The number of hydrogen-bond donors (Lipinski definition) is 1. The zero-order valence-electron chi connectivity index (χ0n) is 18.6. The van der Waals surface area contributed by atoms with Crippen molar-refractivity contribution in [3.8, 4) is 5.69 Å². The summed E-state index contributed by atoms with van der Waals surface area (Å²) in [7, 11) is 0. The highest BCUT2D eigenvalue weighted by Crippen LogP contribution is 2.27. The molecular weight excluding hydrogens is 426 g/mol. The molecule has 7 nitrogen and oxygen atoms in total. The molecule has 1 aromatic heterocycles. The van der Waals surface area contributed by atoms with Gasteiger partial charge in [0.2, 0.25) is 5.95 Å². The summed E-state index contributed by atoms with van der Waals surface area (Å²) in [5.41, 5.74) is 3.84. The van der Waals surface area contributed by atoms with Crippen LogP contribution in [-0.4, -0.2) is 65.1 Å². The Bertz CT molecular complexity index is 1100. The van der Waals surface area contributed by atoms with Gasteiger partial charge in [-0.05, 0) is 42.3 Å². The van der Waals surface area contributed by atoms with E-state index in [1.54, 1.807) is 12.1 Å². The number of halogens is 2. The number of rotatable bonds is 7. The monoisotopic (exact) mass is 456 g/mol. The van der Waals surface area contributed by atoms with Crippen molar-refractivity contribution in [2.45, 2.75) is 25.8 Å². The molecule has 2 aliphatic rings. The molecule has 1 N–H and O–H groups in total. The minimum absolute atomic E-state index is 0. The number of aryl methyl sites for hydroxylation is 1. The standard InChI is InChI=1S/C24H28F2N6O.H2/c1-2-17-10-19(13-21(11-17)30-6-8-31(9-7-30)22-14-33-15-22)28-24-27-16-32(29-24)20-5-3-4-18(12-20)23(25)26;/h3-5,10-13,16,22-23H,2,6-9,14-15H2,1H3,(H,28,29);1H. The number of hydrogen-bond acceptors (Lipinski definition) is 6. The highest BCUT2D eigenvalue weighted by Gasteiger charge is 2.29. The van der Waals surface area contributed by atoms with Gasteiger partial charge in [0, 0.05) is 44.5 Å². The van der Waals surface area contributed by atoms with E-state index >= 15 is 0 Å². The molecule has 33 heavy (non-hydrogen) atoms. The van der Waals surface area contributed by atoms with E-state index in [4.69, 9.17) is 4.74 Å². The zero-order chi connectivity index (χ0) is 22.8. The van der Waals surface area contributed by atoms with Gasteiger partial charge in [-0.3, -0.25) is 4.90 Å². The van der Waals surface area contributed by atoms with Crippen molar-refractivity contribution in [1.82, 2.24) is 19.7 Å². The fourth-order valence-corrected chi connectivity index (χ4v) is 4.29. The third-order valence-electron chi connectivity index (χ3n) is 6.34. The minimum atomic E-state index is -2.52. The summed E-state index contributed by atoms with van der Waals surface area (Å²) >= 11 is 0. The molecule has 2 saturated heterocycles. The fraction of sp³-hybridized carbons (Fsp3) is 0.417. The summed E-state index contributed by atoms with van der Waals surface area (Å²) < 4.78 is 32.9. The molecular formula is C24H30F2N6O. The molecule has 2 fully saturated rings. The maximum atomic E-state index is 13.0. The van der Waals surface area contributed by atoms with Crippen LogP contribution in [0.4, 0.5) is 26.1 Å². The Hall–Kier alpha value is -3.04. The molecule has 9 heteroatoms. The van der Waals surface area contributed by atoms with Crippen molar-refractivity contribution in [3.63, 3.8) is 0 Å². The molecule has 176 valence electrons. The smallest absolute Gasteiger partial charge is 0.263 e. The number of piperazine rings is 1. The Labute approximate surface area is 193 Å². The van der Waals surface area contributed by atoms with Gasteiger partial charge in [-0.2, -0.15) is 4.98 Å². The van der Waals surface area contributed by atoms with Crippen molar-refractivity contribution in [2.24, 2.45) is 0 Å². The molecule has 0 saturated carbocycles. The lowest BCUT2D eigenvalue weighted by atomic mass is 10.1. The second kappa shape index (κ2) is 9.44. The van der Waals surface area contributed by atoms with Gasteiger partial charge >= 0.3 is 0 Å². The molecule has 0 bridgehead atoms. The number of benzene rings is 2. The number of anilines is 3. The third kappa shape index (κ3) is 4.84. The molecule has 3 heterocycles. The molecule has 0 amide bonds. The first-order valence-corrected chi connectivity index (χ1v) is 11.4. The largest absolute Gasteiger partial charge is 0.378 e. The van der Waals surface area contributed by atoms with Crippen LogP contribution in [0.3, 0.4) is 0 Å². The Morgan fingerprint density at radius 1 is 1.09 bits per heavy atom. The molecule has 0 atom stereocenters. The van der Waals surface area contributed by atoms with Gasteiger partial charge in [-0.15, -0.1) is 5.10 Å². The number of ether oxygens (including phenoxy) is 1. The lowest BCUT2D eigenvalue weighted by molar-refractivity contribution is -0.0660. The zero-order valence-corrected chi connectivity index (χ0v) is 18.6. The van der Waals surface area contributed by atoms with Crippen LogP contribution in [0, 0.1) is 0 Å². The van der Waals surface area contributed by atoms with Gasteiger partial charge in [0.05, 0.1) is 24.9 Å². The predicted octanol–water partition coefficient (Wildman–Crippen LogP) is 4.28. The van der Waals surface area contributed by atoms with Crippen LogP contribution in [0.1, 0.15) is 25.9 Å². The molecule has 2 aliphatic heterocycles. The van der Waals surface area contributed by atoms with E-state index < -0.39 is 6.43 Å². The van der Waals surface area contributed by atoms with E-state index in [-0.39, 0.29) is 6.99 Å². The van der Waals surface area contributed by atoms with Crippen LogP contribution in [-0.2, 0) is 11.2 Å². The summed E-state index contributed by atoms with van der Waals surface area (Å²) in [5.74, 6) is 0.423. The van der Waals surface area contributed by atoms with Crippen molar-refractivity contribution in [2.75, 3.05) is 49.6 Å².